The van der Waals surface area contributed by atoms with Crippen molar-refractivity contribution in [2.45, 2.75) is 26.9 Å². The van der Waals surface area contributed by atoms with Crippen molar-refractivity contribution in [2.75, 3.05) is 23.9 Å². The number of pyridine rings is 2. The van der Waals surface area contributed by atoms with E-state index in [9.17, 15) is 0 Å². The lowest BCUT2D eigenvalue weighted by molar-refractivity contribution is 0.880. The van der Waals surface area contributed by atoms with Gasteiger partial charge in [0.2, 0.25) is 0 Å². The third kappa shape index (κ3) is 4.65. The summed E-state index contributed by atoms with van der Waals surface area (Å²) in [6, 6.07) is 25.2. The average Bonchev–Trinajstić information content (AvgIpc) is 2.80. The molecule has 0 aliphatic heterocycles. The predicted molar refractivity (Wildman–Crippen MR) is 134 cm³/mol. The van der Waals surface area contributed by atoms with E-state index in [1.54, 1.807) is 0 Å². The Morgan fingerprint density at radius 2 is 1.00 bits per heavy atom. The summed E-state index contributed by atoms with van der Waals surface area (Å²) in [7, 11) is 4.28. The highest BCUT2D eigenvalue weighted by Crippen LogP contribution is 2.41. The molecule has 2 aromatic heterocycles. The molecule has 4 aromatic rings. The summed E-state index contributed by atoms with van der Waals surface area (Å²) in [5.41, 5.74) is 9.59. The Labute approximate surface area is 191 Å². The van der Waals surface area contributed by atoms with Gasteiger partial charge in [-0.3, -0.25) is 9.97 Å². The minimum atomic E-state index is 0.752. The van der Waals surface area contributed by atoms with E-state index in [2.05, 4.69) is 96.2 Å². The molecule has 0 atom stereocenters. The molecule has 0 unspecified atom stereocenters. The molecule has 162 valence electrons. The monoisotopic (exact) mass is 422 g/mol. The fourth-order valence-corrected chi connectivity index (χ4v) is 4.23. The lowest BCUT2D eigenvalue weighted by atomic mass is 9.92. The van der Waals surface area contributed by atoms with Crippen LogP contribution < -0.4 is 9.80 Å². The molecular formula is C28H30N4. The molecule has 2 aromatic carbocycles. The second kappa shape index (κ2) is 9.65. The van der Waals surface area contributed by atoms with Crippen molar-refractivity contribution in [3.05, 3.63) is 108 Å². The second-order valence-electron chi connectivity index (χ2n) is 8.29. The summed E-state index contributed by atoms with van der Waals surface area (Å²) in [5, 5.41) is 0. The van der Waals surface area contributed by atoms with Crippen molar-refractivity contribution in [3.63, 3.8) is 0 Å². The van der Waals surface area contributed by atoms with Crippen LogP contribution in [-0.2, 0) is 13.1 Å². The van der Waals surface area contributed by atoms with Crippen molar-refractivity contribution in [3.8, 4) is 11.1 Å². The third-order valence-corrected chi connectivity index (χ3v) is 5.82. The highest BCUT2D eigenvalue weighted by atomic mass is 15.1. The number of anilines is 2. The standard InChI is InChI=1S/C28H30N4/c1-21-11-9-15-25(31(3)19-23-13-5-7-17-29-23)27(21)28-22(2)12-10-16-26(28)32(4)20-24-14-6-8-18-30-24/h5-18H,19-20H2,1-4H3. The third-order valence-electron chi connectivity index (χ3n) is 5.82. The van der Waals surface area contributed by atoms with Crippen LogP contribution in [-0.4, -0.2) is 24.1 Å². The smallest absolute Gasteiger partial charge is 0.0599 e. The first-order chi connectivity index (χ1) is 15.5. The number of aryl methyl sites for hydroxylation is 2. The molecule has 0 aliphatic carbocycles. The Morgan fingerprint density at radius 1 is 0.562 bits per heavy atom. The second-order valence-corrected chi connectivity index (χ2v) is 8.29. The van der Waals surface area contributed by atoms with Crippen LogP contribution in [0.5, 0.6) is 0 Å². The fourth-order valence-electron chi connectivity index (χ4n) is 4.23. The van der Waals surface area contributed by atoms with Gasteiger partial charge in [-0.1, -0.05) is 36.4 Å². The molecule has 4 rings (SSSR count). The first kappa shape index (κ1) is 21.6. The molecule has 0 saturated carbocycles. The molecule has 4 heteroatoms. The first-order valence-electron chi connectivity index (χ1n) is 11.0. The predicted octanol–water partition coefficient (Wildman–Crippen LogP) is 6.03. The highest BCUT2D eigenvalue weighted by molar-refractivity contribution is 5.90. The van der Waals surface area contributed by atoms with E-state index in [4.69, 9.17) is 0 Å². The van der Waals surface area contributed by atoms with Crippen molar-refractivity contribution in [1.82, 2.24) is 9.97 Å². The van der Waals surface area contributed by atoms with Gasteiger partial charge < -0.3 is 9.80 Å². The van der Waals surface area contributed by atoms with Crippen LogP contribution in [0.25, 0.3) is 11.1 Å². The molecule has 0 bridgehead atoms. The van der Waals surface area contributed by atoms with E-state index in [1.807, 2.05) is 36.7 Å². The van der Waals surface area contributed by atoms with Gasteiger partial charge in [-0.05, 0) is 61.4 Å². The topological polar surface area (TPSA) is 32.3 Å². The molecule has 0 N–H and O–H groups in total. The van der Waals surface area contributed by atoms with Gasteiger partial charge in [0.1, 0.15) is 0 Å². The highest BCUT2D eigenvalue weighted by Gasteiger charge is 2.19. The normalized spacial score (nSPS) is 10.8. The summed E-state index contributed by atoms with van der Waals surface area (Å²) in [6.45, 7) is 5.90. The number of hydrogen-bond acceptors (Lipinski definition) is 4. The van der Waals surface area contributed by atoms with Crippen LogP contribution in [0.2, 0.25) is 0 Å². The van der Waals surface area contributed by atoms with Crippen molar-refractivity contribution >= 4 is 11.4 Å². The molecule has 0 radical (unpaired) electrons. The zero-order valence-corrected chi connectivity index (χ0v) is 19.3. The molecular weight excluding hydrogens is 392 g/mol. The Bertz CT molecular complexity index is 1080. The van der Waals surface area contributed by atoms with Crippen molar-refractivity contribution in [2.24, 2.45) is 0 Å². The van der Waals surface area contributed by atoms with Crippen LogP contribution in [0, 0.1) is 13.8 Å². The van der Waals surface area contributed by atoms with Gasteiger partial charge in [0.25, 0.3) is 0 Å². The summed E-state index contributed by atoms with van der Waals surface area (Å²) in [5.74, 6) is 0. The van der Waals surface area contributed by atoms with E-state index >= 15 is 0 Å². The lowest BCUT2D eigenvalue weighted by Crippen LogP contribution is -2.20. The largest absolute Gasteiger partial charge is 0.368 e. The zero-order valence-electron chi connectivity index (χ0n) is 19.3. The maximum absolute atomic E-state index is 4.52. The minimum Gasteiger partial charge on any atom is -0.368 e. The summed E-state index contributed by atoms with van der Waals surface area (Å²) in [4.78, 5) is 13.6. The van der Waals surface area contributed by atoms with Gasteiger partial charge in [0.15, 0.2) is 0 Å². The molecule has 0 saturated heterocycles. The summed E-state index contributed by atoms with van der Waals surface area (Å²) >= 11 is 0. The average molecular weight is 423 g/mol. The van der Waals surface area contributed by atoms with E-state index in [0.717, 1.165) is 24.5 Å². The molecule has 2 heterocycles. The maximum atomic E-state index is 4.52. The van der Waals surface area contributed by atoms with Gasteiger partial charge in [-0.15, -0.1) is 0 Å². The van der Waals surface area contributed by atoms with Gasteiger partial charge in [-0.2, -0.15) is 0 Å². The first-order valence-corrected chi connectivity index (χ1v) is 11.0. The quantitative estimate of drug-likeness (QED) is 0.364. The van der Waals surface area contributed by atoms with Gasteiger partial charge in [0, 0.05) is 49.0 Å². The SMILES string of the molecule is Cc1cccc(N(C)Cc2ccccn2)c1-c1c(C)cccc1N(C)Cc1ccccn1. The van der Waals surface area contributed by atoms with Crippen LogP contribution in [0.4, 0.5) is 11.4 Å². The lowest BCUT2D eigenvalue weighted by Gasteiger charge is -2.28. The van der Waals surface area contributed by atoms with E-state index < -0.39 is 0 Å². The number of hydrogen-bond donors (Lipinski definition) is 0. The van der Waals surface area contributed by atoms with E-state index in [1.165, 1.54) is 33.6 Å². The van der Waals surface area contributed by atoms with Crippen molar-refractivity contribution in [1.29, 1.82) is 0 Å². The van der Waals surface area contributed by atoms with Gasteiger partial charge in [-0.25, -0.2) is 0 Å². The Morgan fingerprint density at radius 3 is 1.38 bits per heavy atom. The van der Waals surface area contributed by atoms with E-state index in [0.29, 0.717) is 0 Å². The van der Waals surface area contributed by atoms with Gasteiger partial charge in [0.05, 0.1) is 24.5 Å². The Hall–Kier alpha value is -3.66. The molecule has 32 heavy (non-hydrogen) atoms. The van der Waals surface area contributed by atoms with Crippen LogP contribution in [0.15, 0.2) is 85.2 Å². The maximum Gasteiger partial charge on any atom is 0.0599 e. The van der Waals surface area contributed by atoms with Gasteiger partial charge >= 0.3 is 0 Å². The van der Waals surface area contributed by atoms with Crippen molar-refractivity contribution < 1.29 is 0 Å². The minimum absolute atomic E-state index is 0.752. The fraction of sp³-hybridized carbons (Fsp3) is 0.214. The molecule has 4 nitrogen and oxygen atoms in total. The van der Waals surface area contributed by atoms with E-state index in [-0.39, 0.29) is 0 Å². The molecule has 0 fully saturated rings. The Balaban J connectivity index is 1.77. The number of rotatable bonds is 7. The number of benzene rings is 2. The van der Waals surface area contributed by atoms with Crippen LogP contribution >= 0.6 is 0 Å². The zero-order chi connectivity index (χ0) is 22.5. The molecule has 0 aliphatic rings. The molecule has 0 amide bonds. The number of nitrogens with zero attached hydrogens (tertiary/aromatic N) is 4. The summed E-state index contributed by atoms with van der Waals surface area (Å²) in [6.07, 6.45) is 3.71. The Kier molecular flexibility index (Phi) is 6.50. The molecule has 0 spiro atoms. The number of aromatic nitrogens is 2. The van der Waals surface area contributed by atoms with Crippen LogP contribution in [0.1, 0.15) is 22.5 Å². The summed E-state index contributed by atoms with van der Waals surface area (Å²) < 4.78 is 0. The van der Waals surface area contributed by atoms with Crippen LogP contribution in [0.3, 0.4) is 0 Å².